The van der Waals surface area contributed by atoms with Crippen molar-refractivity contribution < 1.29 is 4.12 Å². The van der Waals surface area contributed by atoms with Gasteiger partial charge in [0.1, 0.15) is 0 Å². The second-order valence-electron chi connectivity index (χ2n) is 5.96. The zero-order chi connectivity index (χ0) is 13.7. The maximum atomic E-state index is 6.37. The van der Waals surface area contributed by atoms with Crippen LogP contribution in [-0.2, 0) is 4.12 Å². The third-order valence-corrected chi connectivity index (χ3v) is 8.78. The zero-order valence-electron chi connectivity index (χ0n) is 12.1. The summed E-state index contributed by atoms with van der Waals surface area (Å²) < 4.78 is 6.37. The van der Waals surface area contributed by atoms with Crippen LogP contribution in [0.4, 0.5) is 0 Å². The SMILES string of the molecule is CC(N)NC[Si](C)(C)O[Si](C)(C)CNC(C)N. The molecule has 6 N–H and O–H groups in total. The molecular formula is C10H30N4OSi2. The average molecular weight is 279 g/mol. The van der Waals surface area contributed by atoms with Crippen molar-refractivity contribution >= 4 is 16.6 Å². The Labute approximate surface area is 108 Å². The van der Waals surface area contributed by atoms with E-state index in [1.54, 1.807) is 0 Å². The van der Waals surface area contributed by atoms with Crippen molar-refractivity contribution in [2.45, 2.75) is 52.4 Å². The summed E-state index contributed by atoms with van der Waals surface area (Å²) in [6, 6.07) is 0. The van der Waals surface area contributed by atoms with Crippen LogP contribution in [0.1, 0.15) is 13.8 Å². The van der Waals surface area contributed by atoms with E-state index in [0.717, 1.165) is 12.3 Å². The molecule has 0 rings (SSSR count). The van der Waals surface area contributed by atoms with Crippen molar-refractivity contribution in [3.63, 3.8) is 0 Å². The van der Waals surface area contributed by atoms with Gasteiger partial charge in [-0.25, -0.2) is 0 Å². The van der Waals surface area contributed by atoms with E-state index in [9.17, 15) is 0 Å². The van der Waals surface area contributed by atoms with Crippen LogP contribution < -0.4 is 22.1 Å². The second-order valence-corrected chi connectivity index (χ2v) is 14.5. The Morgan fingerprint density at radius 2 is 1.18 bits per heavy atom. The van der Waals surface area contributed by atoms with Crippen LogP contribution >= 0.6 is 0 Å². The smallest absolute Gasteiger partial charge is 0.187 e. The predicted octanol–water partition coefficient (Wildman–Crippen LogP) is 0.280. The third-order valence-electron chi connectivity index (χ3n) is 2.25. The van der Waals surface area contributed by atoms with E-state index in [-0.39, 0.29) is 12.3 Å². The summed E-state index contributed by atoms with van der Waals surface area (Å²) in [4.78, 5) is 0. The average Bonchev–Trinajstić information content (AvgIpc) is 2.10. The van der Waals surface area contributed by atoms with Crippen LogP contribution in [0, 0.1) is 0 Å². The lowest BCUT2D eigenvalue weighted by Crippen LogP contribution is -2.57. The lowest BCUT2D eigenvalue weighted by molar-refractivity contribution is 0.496. The Morgan fingerprint density at radius 1 is 0.882 bits per heavy atom. The minimum Gasteiger partial charge on any atom is -0.454 e. The molecule has 0 aromatic heterocycles. The van der Waals surface area contributed by atoms with Gasteiger partial charge in [-0.05, 0) is 40.0 Å². The molecule has 0 aliphatic rings. The van der Waals surface area contributed by atoms with Gasteiger partial charge in [-0.15, -0.1) is 0 Å². The summed E-state index contributed by atoms with van der Waals surface area (Å²) >= 11 is 0. The Morgan fingerprint density at radius 3 is 1.41 bits per heavy atom. The Hall–Kier alpha value is 0.234. The molecule has 0 heterocycles. The molecule has 5 nitrogen and oxygen atoms in total. The topological polar surface area (TPSA) is 85.3 Å². The number of rotatable bonds is 8. The number of hydrogen-bond donors (Lipinski definition) is 4. The summed E-state index contributed by atoms with van der Waals surface area (Å²) in [6.07, 6.45) is 1.83. The van der Waals surface area contributed by atoms with Gasteiger partial charge in [0.15, 0.2) is 16.6 Å². The Kier molecular flexibility index (Phi) is 7.07. The molecule has 0 aliphatic carbocycles. The molecule has 7 heteroatoms. The molecule has 0 amide bonds. The van der Waals surface area contributed by atoms with Crippen LogP contribution in [0.2, 0.25) is 26.2 Å². The zero-order valence-corrected chi connectivity index (χ0v) is 14.1. The van der Waals surface area contributed by atoms with Gasteiger partial charge >= 0.3 is 0 Å². The maximum Gasteiger partial charge on any atom is 0.187 e. The minimum absolute atomic E-state index is 0.0253. The molecule has 0 saturated heterocycles. The summed E-state index contributed by atoms with van der Waals surface area (Å²) in [6.45, 7) is 12.8. The molecule has 0 spiro atoms. The molecule has 17 heavy (non-hydrogen) atoms. The van der Waals surface area contributed by atoms with Crippen LogP contribution in [0.15, 0.2) is 0 Å². The quantitative estimate of drug-likeness (QED) is 0.378. The van der Waals surface area contributed by atoms with E-state index in [1.165, 1.54) is 0 Å². The van der Waals surface area contributed by atoms with Gasteiger partial charge < -0.3 is 26.2 Å². The van der Waals surface area contributed by atoms with Gasteiger partial charge in [0, 0.05) is 12.3 Å². The molecular weight excluding hydrogens is 248 g/mol. The van der Waals surface area contributed by atoms with Gasteiger partial charge in [0.05, 0.1) is 12.3 Å². The fourth-order valence-electron chi connectivity index (χ4n) is 1.63. The standard InChI is InChI=1S/C10H30N4OSi2/c1-9(11)13-7-16(3,4)15-17(5,6)8-14-10(2)12/h9-10,13-14H,7-8,11-12H2,1-6H3. The van der Waals surface area contributed by atoms with Gasteiger partial charge in [-0.3, -0.25) is 0 Å². The van der Waals surface area contributed by atoms with Crippen molar-refractivity contribution in [3.05, 3.63) is 0 Å². The third kappa shape index (κ3) is 9.89. The van der Waals surface area contributed by atoms with Crippen molar-refractivity contribution in [3.8, 4) is 0 Å². The molecule has 0 radical (unpaired) electrons. The Bertz CT molecular complexity index is 200. The van der Waals surface area contributed by atoms with E-state index < -0.39 is 16.6 Å². The van der Waals surface area contributed by atoms with Gasteiger partial charge in [-0.1, -0.05) is 0 Å². The first kappa shape index (κ1) is 17.2. The summed E-state index contributed by atoms with van der Waals surface area (Å²) in [5, 5.41) is 6.53. The molecule has 2 unspecified atom stereocenters. The first-order valence-electron chi connectivity index (χ1n) is 6.22. The second kappa shape index (κ2) is 6.98. The molecule has 104 valence electrons. The van der Waals surface area contributed by atoms with E-state index in [0.29, 0.717) is 0 Å². The molecule has 0 bridgehead atoms. The summed E-state index contributed by atoms with van der Waals surface area (Å²) in [5.41, 5.74) is 11.4. The highest BCUT2D eigenvalue weighted by atomic mass is 28.4. The normalized spacial score (nSPS) is 16.9. The maximum absolute atomic E-state index is 6.37. The largest absolute Gasteiger partial charge is 0.454 e. The van der Waals surface area contributed by atoms with Gasteiger partial charge in [0.2, 0.25) is 0 Å². The fourth-order valence-corrected chi connectivity index (χ4v) is 9.82. The van der Waals surface area contributed by atoms with E-state index >= 15 is 0 Å². The van der Waals surface area contributed by atoms with Crippen molar-refractivity contribution in [1.82, 2.24) is 10.6 Å². The predicted molar refractivity (Wildman–Crippen MR) is 79.4 cm³/mol. The Balaban J connectivity index is 4.17. The monoisotopic (exact) mass is 278 g/mol. The molecule has 0 aromatic carbocycles. The molecule has 0 fully saturated rings. The first-order chi connectivity index (χ1) is 7.54. The highest BCUT2D eigenvalue weighted by Gasteiger charge is 2.32. The van der Waals surface area contributed by atoms with Crippen LogP contribution in [-0.4, -0.2) is 41.3 Å². The van der Waals surface area contributed by atoms with E-state index in [1.807, 2.05) is 13.8 Å². The lowest BCUT2D eigenvalue weighted by Gasteiger charge is -2.35. The number of nitrogens with one attached hydrogen (secondary N) is 2. The van der Waals surface area contributed by atoms with E-state index in [2.05, 4.69) is 36.8 Å². The van der Waals surface area contributed by atoms with Crippen LogP contribution in [0.25, 0.3) is 0 Å². The lowest BCUT2D eigenvalue weighted by atomic mass is 10.6. The molecule has 0 aromatic rings. The number of nitrogens with two attached hydrogens (primary N) is 2. The van der Waals surface area contributed by atoms with E-state index in [4.69, 9.17) is 15.6 Å². The van der Waals surface area contributed by atoms with Gasteiger partial charge in [0.25, 0.3) is 0 Å². The summed E-state index contributed by atoms with van der Waals surface area (Å²) in [5.74, 6) is 0. The number of hydrogen-bond acceptors (Lipinski definition) is 5. The first-order valence-corrected chi connectivity index (χ1v) is 12.5. The van der Waals surface area contributed by atoms with Crippen molar-refractivity contribution in [2.75, 3.05) is 12.3 Å². The fraction of sp³-hybridized carbons (Fsp3) is 1.00. The molecule has 0 saturated carbocycles. The summed E-state index contributed by atoms with van der Waals surface area (Å²) in [7, 11) is -3.37. The van der Waals surface area contributed by atoms with Crippen LogP contribution in [0.3, 0.4) is 0 Å². The molecule has 2 atom stereocenters. The molecule has 0 aliphatic heterocycles. The van der Waals surface area contributed by atoms with Crippen molar-refractivity contribution in [1.29, 1.82) is 0 Å². The highest BCUT2D eigenvalue weighted by molar-refractivity contribution is 6.85. The van der Waals surface area contributed by atoms with Gasteiger partial charge in [-0.2, -0.15) is 0 Å². The minimum atomic E-state index is -1.68. The highest BCUT2D eigenvalue weighted by Crippen LogP contribution is 2.13. The van der Waals surface area contributed by atoms with Crippen molar-refractivity contribution in [2.24, 2.45) is 11.5 Å². The van der Waals surface area contributed by atoms with Crippen LogP contribution in [0.5, 0.6) is 0 Å².